The van der Waals surface area contributed by atoms with Crippen molar-refractivity contribution in [2.75, 3.05) is 0 Å². The summed E-state index contributed by atoms with van der Waals surface area (Å²) in [5.41, 5.74) is 6.02. The Balaban J connectivity index is 3.01. The van der Waals surface area contributed by atoms with Gasteiger partial charge >= 0.3 is 0 Å². The lowest BCUT2D eigenvalue weighted by atomic mass is 10.4. The molecule has 0 fully saturated rings. The van der Waals surface area contributed by atoms with Gasteiger partial charge in [-0.3, -0.25) is 0 Å². The Kier molecular flexibility index (Phi) is 2.48. The summed E-state index contributed by atoms with van der Waals surface area (Å²) in [4.78, 5) is 8.45. The molecule has 0 atom stereocenters. The van der Waals surface area contributed by atoms with Crippen LogP contribution in [0.15, 0.2) is 12.3 Å². The molecule has 4 heteroatoms. The first-order valence-corrected chi connectivity index (χ1v) is 3.76. The van der Waals surface area contributed by atoms with Crippen molar-refractivity contribution in [3.8, 4) is 0 Å². The van der Waals surface area contributed by atoms with Crippen LogP contribution in [0.5, 0.6) is 0 Å². The lowest BCUT2D eigenvalue weighted by Gasteiger charge is -1.97. The molecule has 0 spiro atoms. The monoisotopic (exact) mass is 167 g/mol. The number of aryl methyl sites for hydroxylation is 1. The highest BCUT2D eigenvalue weighted by atomic mass is 32.1. The normalized spacial score (nSPS) is 9.55. The smallest absolute Gasteiger partial charge is 0.128 e. The van der Waals surface area contributed by atoms with Crippen LogP contribution in [0, 0.1) is 0 Å². The van der Waals surface area contributed by atoms with Crippen molar-refractivity contribution < 1.29 is 0 Å². The Morgan fingerprint density at radius 1 is 1.73 bits per heavy atom. The van der Waals surface area contributed by atoms with Gasteiger partial charge in [-0.1, -0.05) is 19.1 Å². The number of hydrogen-bond donors (Lipinski definition) is 1. The van der Waals surface area contributed by atoms with Gasteiger partial charge in [-0.05, 0) is 6.07 Å². The van der Waals surface area contributed by atoms with Crippen LogP contribution >= 0.6 is 12.2 Å². The van der Waals surface area contributed by atoms with Crippen LogP contribution in [0.3, 0.4) is 0 Å². The molecule has 58 valence electrons. The van der Waals surface area contributed by atoms with E-state index in [1.165, 1.54) is 0 Å². The zero-order valence-electron chi connectivity index (χ0n) is 6.24. The molecule has 0 saturated carbocycles. The quantitative estimate of drug-likeness (QED) is 0.658. The third-order valence-electron chi connectivity index (χ3n) is 1.27. The van der Waals surface area contributed by atoms with Gasteiger partial charge in [0.05, 0.1) is 0 Å². The van der Waals surface area contributed by atoms with Crippen LogP contribution in [0.4, 0.5) is 0 Å². The minimum absolute atomic E-state index is 0.321. The van der Waals surface area contributed by atoms with Crippen molar-refractivity contribution in [2.45, 2.75) is 13.3 Å². The molecule has 0 unspecified atom stereocenters. The van der Waals surface area contributed by atoms with Crippen molar-refractivity contribution in [3.05, 3.63) is 23.8 Å². The van der Waals surface area contributed by atoms with E-state index in [1.807, 2.05) is 6.92 Å². The van der Waals surface area contributed by atoms with Crippen molar-refractivity contribution in [2.24, 2.45) is 5.73 Å². The highest BCUT2D eigenvalue weighted by Gasteiger charge is 1.98. The average molecular weight is 167 g/mol. The van der Waals surface area contributed by atoms with E-state index in [9.17, 15) is 0 Å². The van der Waals surface area contributed by atoms with Crippen LogP contribution in [0.1, 0.15) is 18.4 Å². The van der Waals surface area contributed by atoms with Gasteiger partial charge in [-0.15, -0.1) is 0 Å². The maximum absolute atomic E-state index is 5.38. The molecule has 0 aliphatic heterocycles. The van der Waals surface area contributed by atoms with E-state index < -0.39 is 0 Å². The van der Waals surface area contributed by atoms with Crippen molar-refractivity contribution in [1.82, 2.24) is 9.97 Å². The zero-order valence-corrected chi connectivity index (χ0v) is 7.06. The molecule has 1 aromatic heterocycles. The predicted molar refractivity (Wildman–Crippen MR) is 47.3 cm³/mol. The van der Waals surface area contributed by atoms with Crippen LogP contribution < -0.4 is 5.73 Å². The molecule has 0 aromatic carbocycles. The highest BCUT2D eigenvalue weighted by Crippen LogP contribution is 1.95. The molecule has 1 aromatic rings. The van der Waals surface area contributed by atoms with Crippen LogP contribution in [0.25, 0.3) is 0 Å². The SMILES string of the molecule is CCc1nccc(C(N)=S)n1. The molecule has 0 bridgehead atoms. The van der Waals surface area contributed by atoms with Gasteiger partial charge in [-0.2, -0.15) is 0 Å². The molecule has 0 aliphatic carbocycles. The van der Waals surface area contributed by atoms with Gasteiger partial charge in [-0.25, -0.2) is 9.97 Å². The third kappa shape index (κ3) is 1.94. The first-order valence-electron chi connectivity index (χ1n) is 3.35. The Bertz CT molecular complexity index is 272. The van der Waals surface area contributed by atoms with E-state index >= 15 is 0 Å². The van der Waals surface area contributed by atoms with Crippen molar-refractivity contribution in [3.63, 3.8) is 0 Å². The van der Waals surface area contributed by atoms with Gasteiger partial charge in [0.25, 0.3) is 0 Å². The summed E-state index contributed by atoms with van der Waals surface area (Å²) in [5, 5.41) is 0. The number of thiocarbonyl (C=S) groups is 1. The Hall–Kier alpha value is -1.03. The molecule has 1 heterocycles. The first-order chi connectivity index (χ1) is 5.24. The molecule has 0 saturated heterocycles. The molecule has 0 aliphatic rings. The lowest BCUT2D eigenvalue weighted by Crippen LogP contribution is -2.12. The minimum Gasteiger partial charge on any atom is -0.388 e. The number of nitrogens with zero attached hydrogens (tertiary/aromatic N) is 2. The van der Waals surface area contributed by atoms with Crippen molar-refractivity contribution >= 4 is 17.2 Å². The van der Waals surface area contributed by atoms with Crippen LogP contribution in [-0.4, -0.2) is 15.0 Å². The number of aromatic nitrogens is 2. The van der Waals surface area contributed by atoms with E-state index in [4.69, 9.17) is 18.0 Å². The second-order valence-electron chi connectivity index (χ2n) is 2.08. The van der Waals surface area contributed by atoms with Gasteiger partial charge < -0.3 is 5.73 Å². The fourth-order valence-electron chi connectivity index (χ4n) is 0.707. The number of rotatable bonds is 2. The maximum atomic E-state index is 5.38. The predicted octanol–water partition coefficient (Wildman–Crippen LogP) is 0.673. The Morgan fingerprint density at radius 2 is 2.45 bits per heavy atom. The first kappa shape index (κ1) is 8.07. The van der Waals surface area contributed by atoms with Gasteiger partial charge in [0.2, 0.25) is 0 Å². The third-order valence-corrected chi connectivity index (χ3v) is 1.48. The van der Waals surface area contributed by atoms with E-state index in [0.29, 0.717) is 10.7 Å². The van der Waals surface area contributed by atoms with E-state index in [1.54, 1.807) is 12.3 Å². The molecular weight excluding hydrogens is 158 g/mol. The fourth-order valence-corrected chi connectivity index (χ4v) is 0.820. The average Bonchev–Trinajstić information content (AvgIpc) is 2.05. The van der Waals surface area contributed by atoms with E-state index in [0.717, 1.165) is 12.2 Å². The molecule has 11 heavy (non-hydrogen) atoms. The summed E-state index contributed by atoms with van der Waals surface area (Å²) in [5.74, 6) is 0.773. The van der Waals surface area contributed by atoms with Gasteiger partial charge in [0.1, 0.15) is 16.5 Å². The molecular formula is C7H9N3S. The zero-order chi connectivity index (χ0) is 8.27. The molecule has 2 N–H and O–H groups in total. The largest absolute Gasteiger partial charge is 0.388 e. The summed E-state index contributed by atoms with van der Waals surface area (Å²) in [6, 6.07) is 1.71. The van der Waals surface area contributed by atoms with Crippen molar-refractivity contribution in [1.29, 1.82) is 0 Å². The lowest BCUT2D eigenvalue weighted by molar-refractivity contribution is 0.934. The van der Waals surface area contributed by atoms with E-state index in [2.05, 4.69) is 9.97 Å². The summed E-state index contributed by atoms with van der Waals surface area (Å²) < 4.78 is 0. The molecule has 1 rings (SSSR count). The minimum atomic E-state index is 0.321. The Morgan fingerprint density at radius 3 is 3.00 bits per heavy atom. The highest BCUT2D eigenvalue weighted by molar-refractivity contribution is 7.80. The molecule has 3 nitrogen and oxygen atoms in total. The molecule has 0 radical (unpaired) electrons. The van der Waals surface area contributed by atoms with Crippen LogP contribution in [0.2, 0.25) is 0 Å². The topological polar surface area (TPSA) is 51.8 Å². The summed E-state index contributed by atoms with van der Waals surface area (Å²) in [7, 11) is 0. The summed E-state index contributed by atoms with van der Waals surface area (Å²) >= 11 is 4.76. The molecule has 0 amide bonds. The van der Waals surface area contributed by atoms with Gasteiger partial charge in [0.15, 0.2) is 0 Å². The number of hydrogen-bond acceptors (Lipinski definition) is 3. The standard InChI is InChI=1S/C7H9N3S/c1-2-6-9-4-3-5(10-6)7(8)11/h3-4H,2H2,1H3,(H2,8,11). The summed E-state index contributed by atoms with van der Waals surface area (Å²) in [6.45, 7) is 1.98. The van der Waals surface area contributed by atoms with Crippen LogP contribution in [-0.2, 0) is 6.42 Å². The number of nitrogens with two attached hydrogens (primary N) is 1. The Labute approximate surface area is 70.7 Å². The van der Waals surface area contributed by atoms with Gasteiger partial charge in [0, 0.05) is 12.6 Å². The summed E-state index contributed by atoms with van der Waals surface area (Å²) in [6.07, 6.45) is 2.47. The van der Waals surface area contributed by atoms with E-state index in [-0.39, 0.29) is 0 Å². The maximum Gasteiger partial charge on any atom is 0.128 e. The fraction of sp³-hybridized carbons (Fsp3) is 0.286. The second kappa shape index (κ2) is 3.39. The second-order valence-corrected chi connectivity index (χ2v) is 2.52.